The van der Waals surface area contributed by atoms with Crippen molar-refractivity contribution in [2.45, 2.75) is 10.1 Å². The predicted octanol–water partition coefficient (Wildman–Crippen LogP) is 1.90. The Morgan fingerprint density at radius 1 is 1.00 bits per heavy atom. The highest BCUT2D eigenvalue weighted by Gasteiger charge is 2.16. The second-order valence-corrected chi connectivity index (χ2v) is 4.48. The van der Waals surface area contributed by atoms with Crippen molar-refractivity contribution in [1.82, 2.24) is 15.0 Å². The fourth-order valence-corrected chi connectivity index (χ4v) is 2.06. The van der Waals surface area contributed by atoms with Gasteiger partial charge in [0.25, 0.3) is 0 Å². The summed E-state index contributed by atoms with van der Waals surface area (Å²) in [5, 5.41) is 0.0382. The third kappa shape index (κ3) is 3.05. The first-order valence-electron chi connectivity index (χ1n) is 5.30. The van der Waals surface area contributed by atoms with Crippen molar-refractivity contribution >= 4 is 17.4 Å². The van der Waals surface area contributed by atoms with Gasteiger partial charge in [-0.25, -0.2) is 8.78 Å². The Hall–Kier alpha value is -2.16. The number of rotatable bonds is 4. The lowest BCUT2D eigenvalue weighted by Crippen LogP contribution is -2.01. The molecule has 106 valence electrons. The quantitative estimate of drug-likeness (QED) is 0.863. The minimum atomic E-state index is -0.800. The number of hydrogen-bond donors (Lipinski definition) is 1. The van der Waals surface area contributed by atoms with Gasteiger partial charge in [-0.3, -0.25) is 0 Å². The maximum atomic E-state index is 13.7. The van der Waals surface area contributed by atoms with E-state index in [2.05, 4.69) is 15.0 Å². The van der Waals surface area contributed by atoms with E-state index in [4.69, 9.17) is 15.2 Å². The molecule has 0 aliphatic rings. The molecule has 6 nitrogen and oxygen atoms in total. The van der Waals surface area contributed by atoms with Crippen molar-refractivity contribution in [1.29, 1.82) is 0 Å². The summed E-state index contributed by atoms with van der Waals surface area (Å²) < 4.78 is 37.1. The average molecular weight is 300 g/mol. The number of aromatic nitrogens is 3. The van der Waals surface area contributed by atoms with Crippen LogP contribution < -0.4 is 15.2 Å². The molecule has 2 N–H and O–H groups in total. The first kappa shape index (κ1) is 14.3. The normalized spacial score (nSPS) is 10.4. The molecule has 0 bridgehead atoms. The monoisotopic (exact) mass is 300 g/mol. The Kier molecular flexibility index (Phi) is 4.18. The summed E-state index contributed by atoms with van der Waals surface area (Å²) in [6.07, 6.45) is 0. The van der Waals surface area contributed by atoms with Crippen molar-refractivity contribution in [3.8, 4) is 12.0 Å². The molecule has 0 atom stereocenters. The topological polar surface area (TPSA) is 83.2 Å². The Balaban J connectivity index is 2.39. The van der Waals surface area contributed by atoms with Gasteiger partial charge >= 0.3 is 12.0 Å². The smallest absolute Gasteiger partial charge is 0.323 e. The van der Waals surface area contributed by atoms with Crippen LogP contribution in [0.4, 0.5) is 14.5 Å². The van der Waals surface area contributed by atoms with E-state index in [-0.39, 0.29) is 27.8 Å². The van der Waals surface area contributed by atoms with Crippen LogP contribution in [0.2, 0.25) is 0 Å². The zero-order chi connectivity index (χ0) is 14.7. The number of nitrogens with zero attached hydrogens (tertiary/aromatic N) is 3. The number of benzene rings is 1. The van der Waals surface area contributed by atoms with Crippen LogP contribution in [0.25, 0.3) is 0 Å². The number of hydrogen-bond acceptors (Lipinski definition) is 7. The van der Waals surface area contributed by atoms with Crippen LogP contribution in [0.1, 0.15) is 0 Å². The van der Waals surface area contributed by atoms with Gasteiger partial charge in [0.2, 0.25) is 5.16 Å². The van der Waals surface area contributed by atoms with E-state index in [9.17, 15) is 8.78 Å². The molecule has 0 unspecified atom stereocenters. The highest BCUT2D eigenvalue weighted by molar-refractivity contribution is 7.99. The Labute approximate surface area is 117 Å². The summed E-state index contributed by atoms with van der Waals surface area (Å²) >= 11 is 0.681. The third-order valence-corrected chi connectivity index (χ3v) is 3.11. The first-order chi connectivity index (χ1) is 9.53. The van der Waals surface area contributed by atoms with Crippen LogP contribution in [0.15, 0.2) is 22.2 Å². The van der Waals surface area contributed by atoms with Crippen molar-refractivity contribution in [2.75, 3.05) is 20.0 Å². The van der Waals surface area contributed by atoms with Gasteiger partial charge in [-0.05, 0) is 23.9 Å². The molecule has 2 rings (SSSR count). The van der Waals surface area contributed by atoms with Gasteiger partial charge in [0, 0.05) is 5.69 Å². The fourth-order valence-electron chi connectivity index (χ4n) is 1.32. The molecule has 0 aliphatic carbocycles. The van der Waals surface area contributed by atoms with Gasteiger partial charge in [0.1, 0.15) is 11.6 Å². The van der Waals surface area contributed by atoms with E-state index < -0.39 is 11.6 Å². The summed E-state index contributed by atoms with van der Waals surface area (Å²) in [5.41, 5.74) is 5.34. The third-order valence-electron chi connectivity index (χ3n) is 2.15. The second-order valence-electron chi connectivity index (χ2n) is 3.51. The summed E-state index contributed by atoms with van der Waals surface area (Å²) in [7, 11) is 2.71. The SMILES string of the molecule is COc1nc(OC)nc(Sc2c(F)cc(N)cc2F)n1. The molecule has 0 saturated heterocycles. The highest BCUT2D eigenvalue weighted by atomic mass is 32.2. The average Bonchev–Trinajstić information content (AvgIpc) is 2.42. The van der Waals surface area contributed by atoms with Gasteiger partial charge in [-0.2, -0.15) is 9.97 Å². The van der Waals surface area contributed by atoms with Crippen molar-refractivity contribution in [2.24, 2.45) is 0 Å². The Morgan fingerprint density at radius 3 is 1.95 bits per heavy atom. The number of nitrogens with two attached hydrogens (primary N) is 1. The summed E-state index contributed by atoms with van der Waals surface area (Å²) in [4.78, 5) is 11.3. The van der Waals surface area contributed by atoms with Crippen molar-refractivity contribution in [3.05, 3.63) is 23.8 Å². The molecule has 1 heterocycles. The number of halogens is 2. The molecule has 9 heteroatoms. The lowest BCUT2D eigenvalue weighted by Gasteiger charge is -2.07. The maximum absolute atomic E-state index is 13.7. The highest BCUT2D eigenvalue weighted by Crippen LogP contribution is 2.32. The summed E-state index contributed by atoms with van der Waals surface area (Å²) in [6.45, 7) is 0. The second kappa shape index (κ2) is 5.87. The van der Waals surface area contributed by atoms with E-state index in [1.807, 2.05) is 0 Å². The molecule has 0 radical (unpaired) electrons. The number of nitrogen functional groups attached to an aromatic ring is 1. The molecule has 1 aromatic carbocycles. The van der Waals surface area contributed by atoms with Crippen LogP contribution in [0.3, 0.4) is 0 Å². The molecular weight excluding hydrogens is 290 g/mol. The molecule has 0 saturated carbocycles. The summed E-state index contributed by atoms with van der Waals surface area (Å²) in [5.74, 6) is -1.60. The molecule has 0 spiro atoms. The van der Waals surface area contributed by atoms with Gasteiger partial charge in [0.05, 0.1) is 19.1 Å². The van der Waals surface area contributed by atoms with Crippen molar-refractivity contribution in [3.63, 3.8) is 0 Å². The van der Waals surface area contributed by atoms with E-state index in [1.54, 1.807) is 0 Å². The number of anilines is 1. The van der Waals surface area contributed by atoms with Crippen LogP contribution in [0.5, 0.6) is 12.0 Å². The van der Waals surface area contributed by atoms with E-state index in [0.29, 0.717) is 11.8 Å². The fraction of sp³-hybridized carbons (Fsp3) is 0.182. The van der Waals surface area contributed by atoms with Crippen LogP contribution in [0, 0.1) is 11.6 Å². The van der Waals surface area contributed by atoms with Gasteiger partial charge in [-0.1, -0.05) is 0 Å². The van der Waals surface area contributed by atoms with E-state index >= 15 is 0 Å². The van der Waals surface area contributed by atoms with Gasteiger partial charge < -0.3 is 15.2 Å². The summed E-state index contributed by atoms with van der Waals surface area (Å²) in [6, 6.07) is 1.99. The van der Waals surface area contributed by atoms with Crippen molar-refractivity contribution < 1.29 is 18.3 Å². The lowest BCUT2D eigenvalue weighted by molar-refractivity contribution is 0.332. The minimum absolute atomic E-state index is 0.00448. The molecular formula is C11H10F2N4O2S. The molecule has 1 aromatic heterocycles. The molecule has 0 fully saturated rings. The van der Waals surface area contributed by atoms with Crippen LogP contribution in [-0.2, 0) is 0 Å². The standard InChI is InChI=1S/C11H10F2N4O2S/c1-18-9-15-10(19-2)17-11(16-9)20-8-6(12)3-5(14)4-7(8)13/h3-4H,14H2,1-2H3. The molecule has 20 heavy (non-hydrogen) atoms. The minimum Gasteiger partial charge on any atom is -0.467 e. The van der Waals surface area contributed by atoms with Gasteiger partial charge in [0.15, 0.2) is 0 Å². The molecule has 0 aliphatic heterocycles. The van der Waals surface area contributed by atoms with E-state index in [1.165, 1.54) is 14.2 Å². The zero-order valence-electron chi connectivity index (χ0n) is 10.6. The number of methoxy groups -OCH3 is 2. The Bertz CT molecular complexity index is 597. The predicted molar refractivity (Wildman–Crippen MR) is 67.8 cm³/mol. The maximum Gasteiger partial charge on any atom is 0.323 e. The van der Waals surface area contributed by atoms with Crippen LogP contribution in [-0.4, -0.2) is 29.2 Å². The zero-order valence-corrected chi connectivity index (χ0v) is 11.4. The molecule has 0 amide bonds. The Morgan fingerprint density at radius 2 is 1.50 bits per heavy atom. The molecule has 2 aromatic rings. The first-order valence-corrected chi connectivity index (χ1v) is 6.11. The number of ether oxygens (including phenoxy) is 2. The van der Waals surface area contributed by atoms with Gasteiger partial charge in [-0.15, -0.1) is 4.98 Å². The largest absolute Gasteiger partial charge is 0.467 e. The lowest BCUT2D eigenvalue weighted by atomic mass is 10.3. The van der Waals surface area contributed by atoms with Crippen LogP contribution >= 0.6 is 11.8 Å². The van der Waals surface area contributed by atoms with E-state index in [0.717, 1.165) is 12.1 Å².